The van der Waals surface area contributed by atoms with Gasteiger partial charge in [0.15, 0.2) is 6.29 Å². The van der Waals surface area contributed by atoms with E-state index in [-0.39, 0.29) is 31.4 Å². The molecule has 0 spiro atoms. The minimum absolute atomic E-state index is 0.0510. The molecule has 22 heavy (non-hydrogen) atoms. The summed E-state index contributed by atoms with van der Waals surface area (Å²) in [5, 5.41) is 0. The van der Waals surface area contributed by atoms with E-state index in [1.807, 2.05) is 0 Å². The number of carbonyl (C=O) groups is 1. The average molecular weight is 325 g/mol. The first-order valence-corrected chi connectivity index (χ1v) is 6.61. The zero-order chi connectivity index (χ0) is 16.5. The largest absolute Gasteiger partial charge is 0.417 e. The van der Waals surface area contributed by atoms with Crippen molar-refractivity contribution >= 4 is 12.0 Å². The van der Waals surface area contributed by atoms with Crippen molar-refractivity contribution in [1.82, 2.24) is 0 Å². The summed E-state index contributed by atoms with van der Waals surface area (Å²) in [6.07, 6.45) is -8.93. The Hall–Kier alpha value is -1.73. The van der Waals surface area contributed by atoms with Gasteiger partial charge in [-0.05, 0) is 25.0 Å². The van der Waals surface area contributed by atoms with Gasteiger partial charge in [0.25, 0.3) is 0 Å². The maximum absolute atomic E-state index is 12.9. The SMILES string of the molecule is O=Cc1c(N2CCCC(C(F)(F)F)C2)cccc1C(F)(F)F. The van der Waals surface area contributed by atoms with Gasteiger partial charge in [-0.1, -0.05) is 6.07 Å². The van der Waals surface area contributed by atoms with Crippen LogP contribution < -0.4 is 4.90 Å². The number of benzene rings is 1. The molecular weight excluding hydrogens is 312 g/mol. The van der Waals surface area contributed by atoms with E-state index >= 15 is 0 Å². The number of aldehydes is 1. The molecule has 0 radical (unpaired) electrons. The quantitative estimate of drug-likeness (QED) is 0.597. The van der Waals surface area contributed by atoms with Gasteiger partial charge in [0.05, 0.1) is 11.5 Å². The lowest BCUT2D eigenvalue weighted by Gasteiger charge is -2.36. The van der Waals surface area contributed by atoms with Crippen molar-refractivity contribution in [3.63, 3.8) is 0 Å². The fraction of sp³-hybridized carbons (Fsp3) is 0.500. The van der Waals surface area contributed by atoms with E-state index in [0.717, 1.165) is 12.1 Å². The van der Waals surface area contributed by atoms with Crippen LogP contribution in [-0.4, -0.2) is 25.6 Å². The average Bonchev–Trinajstić information content (AvgIpc) is 2.44. The number of hydrogen-bond acceptors (Lipinski definition) is 2. The van der Waals surface area contributed by atoms with Gasteiger partial charge in [0.1, 0.15) is 0 Å². The van der Waals surface area contributed by atoms with Crippen LogP contribution in [0, 0.1) is 5.92 Å². The first-order valence-electron chi connectivity index (χ1n) is 6.61. The molecule has 0 bridgehead atoms. The molecule has 0 N–H and O–H groups in total. The van der Waals surface area contributed by atoms with Crippen molar-refractivity contribution in [2.45, 2.75) is 25.2 Å². The van der Waals surface area contributed by atoms with E-state index in [4.69, 9.17) is 0 Å². The predicted molar refractivity (Wildman–Crippen MR) is 67.8 cm³/mol. The molecule has 1 heterocycles. The van der Waals surface area contributed by atoms with Crippen molar-refractivity contribution < 1.29 is 31.1 Å². The molecule has 1 unspecified atom stereocenters. The van der Waals surface area contributed by atoms with E-state index in [1.54, 1.807) is 0 Å². The van der Waals surface area contributed by atoms with Crippen molar-refractivity contribution in [2.24, 2.45) is 5.92 Å². The molecule has 0 aromatic heterocycles. The van der Waals surface area contributed by atoms with Gasteiger partial charge in [-0.3, -0.25) is 4.79 Å². The molecule has 8 heteroatoms. The summed E-state index contributed by atoms with van der Waals surface area (Å²) in [6, 6.07) is 3.10. The van der Waals surface area contributed by atoms with E-state index in [9.17, 15) is 31.1 Å². The first-order chi connectivity index (χ1) is 10.1. The highest BCUT2D eigenvalue weighted by molar-refractivity contribution is 5.87. The standard InChI is InChI=1S/C14H13F6NO/c15-13(16,17)9-3-2-6-21(7-9)12-5-1-4-11(10(12)8-22)14(18,19)20/h1,4-5,8-9H,2-3,6-7H2. The third-order valence-corrected chi connectivity index (χ3v) is 3.73. The van der Waals surface area contributed by atoms with E-state index < -0.39 is 35.9 Å². The Balaban J connectivity index is 2.38. The number of rotatable bonds is 2. The number of carbonyl (C=O) groups excluding carboxylic acids is 1. The van der Waals surface area contributed by atoms with Gasteiger partial charge in [-0.2, -0.15) is 26.3 Å². The molecule has 0 amide bonds. The second kappa shape index (κ2) is 5.81. The monoisotopic (exact) mass is 325 g/mol. The Kier molecular flexibility index (Phi) is 4.39. The van der Waals surface area contributed by atoms with Crippen LogP contribution in [0.5, 0.6) is 0 Å². The maximum atomic E-state index is 12.9. The van der Waals surface area contributed by atoms with Crippen LogP contribution in [0.3, 0.4) is 0 Å². The number of anilines is 1. The zero-order valence-electron chi connectivity index (χ0n) is 11.3. The molecule has 1 atom stereocenters. The van der Waals surface area contributed by atoms with Crippen LogP contribution in [0.1, 0.15) is 28.8 Å². The third-order valence-electron chi connectivity index (χ3n) is 3.73. The summed E-state index contributed by atoms with van der Waals surface area (Å²) in [4.78, 5) is 12.3. The second-order valence-electron chi connectivity index (χ2n) is 5.18. The van der Waals surface area contributed by atoms with Gasteiger partial charge >= 0.3 is 12.4 Å². The van der Waals surface area contributed by atoms with Crippen LogP contribution in [0.25, 0.3) is 0 Å². The van der Waals surface area contributed by atoms with Crippen LogP contribution in [0.2, 0.25) is 0 Å². The van der Waals surface area contributed by atoms with E-state index in [2.05, 4.69) is 0 Å². The lowest BCUT2D eigenvalue weighted by atomic mass is 9.95. The smallest absolute Gasteiger partial charge is 0.370 e. The van der Waals surface area contributed by atoms with Crippen molar-refractivity contribution in [3.05, 3.63) is 29.3 Å². The van der Waals surface area contributed by atoms with Crippen molar-refractivity contribution in [3.8, 4) is 0 Å². The number of alkyl halides is 6. The Labute approximate surface area is 122 Å². The van der Waals surface area contributed by atoms with Gasteiger partial charge in [0.2, 0.25) is 0 Å². The highest BCUT2D eigenvalue weighted by atomic mass is 19.4. The molecule has 122 valence electrons. The molecule has 1 aliphatic heterocycles. The van der Waals surface area contributed by atoms with Crippen LogP contribution >= 0.6 is 0 Å². The van der Waals surface area contributed by atoms with E-state index in [1.165, 1.54) is 11.0 Å². The number of halogens is 6. The Bertz CT molecular complexity index is 551. The molecule has 0 saturated carbocycles. The number of nitrogens with zero attached hydrogens (tertiary/aromatic N) is 1. The highest BCUT2D eigenvalue weighted by Crippen LogP contribution is 2.39. The van der Waals surface area contributed by atoms with Gasteiger partial charge in [-0.15, -0.1) is 0 Å². The van der Waals surface area contributed by atoms with Crippen molar-refractivity contribution in [1.29, 1.82) is 0 Å². The number of piperidine rings is 1. The first kappa shape index (κ1) is 16.6. The van der Waals surface area contributed by atoms with Gasteiger partial charge in [-0.25, -0.2) is 0 Å². The van der Waals surface area contributed by atoms with Gasteiger partial charge < -0.3 is 4.90 Å². The molecule has 1 fully saturated rings. The van der Waals surface area contributed by atoms with Gasteiger partial charge in [0, 0.05) is 24.3 Å². The molecule has 1 aliphatic rings. The third kappa shape index (κ3) is 3.36. The molecule has 1 aromatic rings. The normalized spacial score (nSPS) is 20.1. The molecule has 2 rings (SSSR count). The highest BCUT2D eigenvalue weighted by Gasteiger charge is 2.42. The van der Waals surface area contributed by atoms with Crippen molar-refractivity contribution in [2.75, 3.05) is 18.0 Å². The molecular formula is C14H13F6NO. The fourth-order valence-corrected chi connectivity index (χ4v) is 2.66. The lowest BCUT2D eigenvalue weighted by Crippen LogP contribution is -2.42. The maximum Gasteiger partial charge on any atom is 0.417 e. The second-order valence-corrected chi connectivity index (χ2v) is 5.18. The predicted octanol–water partition coefficient (Wildman–Crippen LogP) is 4.30. The molecule has 2 nitrogen and oxygen atoms in total. The fourth-order valence-electron chi connectivity index (χ4n) is 2.66. The van der Waals surface area contributed by atoms with Crippen LogP contribution in [-0.2, 0) is 6.18 Å². The summed E-state index contributed by atoms with van der Waals surface area (Å²) in [7, 11) is 0. The number of hydrogen-bond donors (Lipinski definition) is 0. The molecule has 0 aliphatic carbocycles. The Morgan fingerprint density at radius 1 is 1.14 bits per heavy atom. The zero-order valence-corrected chi connectivity index (χ0v) is 11.3. The minimum Gasteiger partial charge on any atom is -0.370 e. The Morgan fingerprint density at radius 3 is 2.36 bits per heavy atom. The van der Waals surface area contributed by atoms with E-state index in [0.29, 0.717) is 0 Å². The summed E-state index contributed by atoms with van der Waals surface area (Å²) in [5.41, 5.74) is -1.84. The molecule has 1 saturated heterocycles. The summed E-state index contributed by atoms with van der Waals surface area (Å²) >= 11 is 0. The van der Waals surface area contributed by atoms with Crippen LogP contribution in [0.15, 0.2) is 18.2 Å². The van der Waals surface area contributed by atoms with Crippen LogP contribution in [0.4, 0.5) is 32.0 Å². The Morgan fingerprint density at radius 2 is 1.82 bits per heavy atom. The lowest BCUT2D eigenvalue weighted by molar-refractivity contribution is -0.176. The topological polar surface area (TPSA) is 20.3 Å². The minimum atomic E-state index is -4.73. The summed E-state index contributed by atoms with van der Waals surface area (Å²) in [5.74, 6) is -1.60. The molecule has 1 aromatic carbocycles. The summed E-state index contributed by atoms with van der Waals surface area (Å²) < 4.78 is 77.1. The summed E-state index contributed by atoms with van der Waals surface area (Å²) in [6.45, 7) is -0.250.